The lowest BCUT2D eigenvalue weighted by molar-refractivity contribution is 0.424. The van der Waals surface area contributed by atoms with E-state index in [0.717, 1.165) is 5.56 Å². The first kappa shape index (κ1) is 13.6. The maximum atomic E-state index is 6.14. The second-order valence-electron chi connectivity index (χ2n) is 4.92. The third-order valence-electron chi connectivity index (χ3n) is 3.13. The molecular formula is C16H14ClN3O. The molecule has 0 atom stereocenters. The molecule has 3 aromatic rings. The lowest BCUT2D eigenvalue weighted by Gasteiger charge is -2.00. The first-order chi connectivity index (χ1) is 10.1. The zero-order chi connectivity index (χ0) is 14.8. The molecule has 0 aliphatic rings. The fourth-order valence-corrected chi connectivity index (χ4v) is 2.35. The molecule has 0 bridgehead atoms. The monoisotopic (exact) mass is 299 g/mol. The van der Waals surface area contributed by atoms with Crippen LogP contribution < -0.4 is 5.73 Å². The highest BCUT2D eigenvalue weighted by Gasteiger charge is 2.13. The van der Waals surface area contributed by atoms with Gasteiger partial charge in [0.2, 0.25) is 0 Å². The number of anilines is 1. The second-order valence-corrected chi connectivity index (χ2v) is 5.33. The van der Waals surface area contributed by atoms with Crippen LogP contribution in [0.3, 0.4) is 0 Å². The Balaban J connectivity index is 1.88. The molecule has 2 aromatic carbocycles. The molecule has 1 heterocycles. The van der Waals surface area contributed by atoms with Gasteiger partial charge in [-0.05, 0) is 30.7 Å². The summed E-state index contributed by atoms with van der Waals surface area (Å²) < 4.78 is 5.29. The summed E-state index contributed by atoms with van der Waals surface area (Å²) in [5.41, 5.74) is 9.36. The van der Waals surface area contributed by atoms with Crippen LogP contribution in [0.1, 0.15) is 17.0 Å². The first-order valence-corrected chi connectivity index (χ1v) is 6.93. The fraction of sp³-hybridized carbons (Fsp3) is 0.125. The van der Waals surface area contributed by atoms with E-state index < -0.39 is 0 Å². The fourth-order valence-electron chi connectivity index (χ4n) is 2.15. The van der Waals surface area contributed by atoms with Crippen molar-refractivity contribution in [1.82, 2.24) is 10.1 Å². The molecule has 0 unspecified atom stereocenters. The smallest absolute Gasteiger partial charge is 0.259 e. The van der Waals surface area contributed by atoms with E-state index in [4.69, 9.17) is 21.9 Å². The molecule has 3 rings (SSSR count). The van der Waals surface area contributed by atoms with Crippen LogP contribution in [0.25, 0.3) is 11.5 Å². The van der Waals surface area contributed by atoms with Crippen LogP contribution >= 0.6 is 11.6 Å². The van der Waals surface area contributed by atoms with Crippen LogP contribution in [-0.2, 0) is 6.42 Å². The van der Waals surface area contributed by atoms with Gasteiger partial charge >= 0.3 is 0 Å². The van der Waals surface area contributed by atoms with Crippen LogP contribution in [0, 0.1) is 6.92 Å². The Morgan fingerprint density at radius 3 is 2.86 bits per heavy atom. The van der Waals surface area contributed by atoms with E-state index in [1.165, 1.54) is 5.56 Å². The number of nitrogens with zero attached hydrogens (tertiary/aromatic N) is 2. The molecule has 0 spiro atoms. The van der Waals surface area contributed by atoms with Gasteiger partial charge in [0.15, 0.2) is 5.82 Å². The van der Waals surface area contributed by atoms with Gasteiger partial charge in [0.1, 0.15) is 0 Å². The Kier molecular flexibility index (Phi) is 3.62. The third-order valence-corrected chi connectivity index (χ3v) is 3.46. The molecule has 0 fully saturated rings. The van der Waals surface area contributed by atoms with Crippen LogP contribution in [0.5, 0.6) is 0 Å². The van der Waals surface area contributed by atoms with E-state index in [2.05, 4.69) is 29.2 Å². The van der Waals surface area contributed by atoms with Gasteiger partial charge in [-0.2, -0.15) is 4.98 Å². The lowest BCUT2D eigenvalue weighted by atomic mass is 10.1. The zero-order valence-electron chi connectivity index (χ0n) is 11.5. The Morgan fingerprint density at radius 2 is 2.05 bits per heavy atom. The summed E-state index contributed by atoms with van der Waals surface area (Å²) in [4.78, 5) is 4.39. The standard InChI is InChI=1S/C16H14ClN3O/c1-10-3-2-4-11(7-10)8-15-19-16(21-20-15)13-9-12(18)5-6-14(13)17/h2-7,9H,8,18H2,1H3. The van der Waals surface area contributed by atoms with E-state index in [0.29, 0.717) is 34.4 Å². The number of halogens is 1. The first-order valence-electron chi connectivity index (χ1n) is 6.55. The maximum absolute atomic E-state index is 6.14. The molecule has 1 aromatic heterocycles. The van der Waals surface area contributed by atoms with Gasteiger partial charge in [0.05, 0.1) is 10.6 Å². The van der Waals surface area contributed by atoms with Crippen LogP contribution in [0.4, 0.5) is 5.69 Å². The zero-order valence-corrected chi connectivity index (χ0v) is 12.3. The Hall–Kier alpha value is -2.33. The molecule has 0 aliphatic carbocycles. The summed E-state index contributed by atoms with van der Waals surface area (Å²) in [6.45, 7) is 2.05. The summed E-state index contributed by atoms with van der Waals surface area (Å²) in [6.07, 6.45) is 0.616. The molecule has 0 radical (unpaired) electrons. The number of rotatable bonds is 3. The van der Waals surface area contributed by atoms with Crippen molar-refractivity contribution >= 4 is 17.3 Å². The summed E-state index contributed by atoms with van der Waals surface area (Å²) in [7, 11) is 0. The van der Waals surface area contributed by atoms with E-state index in [1.54, 1.807) is 18.2 Å². The molecule has 2 N–H and O–H groups in total. The van der Waals surface area contributed by atoms with E-state index in [-0.39, 0.29) is 0 Å². The Bertz CT molecular complexity index is 783. The maximum Gasteiger partial charge on any atom is 0.259 e. The van der Waals surface area contributed by atoms with Gasteiger partial charge in [-0.3, -0.25) is 0 Å². The van der Waals surface area contributed by atoms with Crippen LogP contribution in [-0.4, -0.2) is 10.1 Å². The van der Waals surface area contributed by atoms with Crippen LogP contribution in [0.15, 0.2) is 47.0 Å². The van der Waals surface area contributed by atoms with Crippen molar-refractivity contribution in [3.05, 3.63) is 64.4 Å². The van der Waals surface area contributed by atoms with E-state index in [1.807, 2.05) is 12.1 Å². The highest BCUT2D eigenvalue weighted by molar-refractivity contribution is 6.33. The number of nitrogens with two attached hydrogens (primary N) is 1. The average molecular weight is 300 g/mol. The van der Waals surface area contributed by atoms with Crippen molar-refractivity contribution < 1.29 is 4.52 Å². The van der Waals surface area contributed by atoms with Crippen molar-refractivity contribution in [3.8, 4) is 11.5 Å². The minimum absolute atomic E-state index is 0.384. The number of aryl methyl sites for hydroxylation is 1. The molecule has 106 valence electrons. The predicted octanol–water partition coefficient (Wildman–Crippen LogP) is 3.87. The second kappa shape index (κ2) is 5.58. The molecule has 0 aliphatic heterocycles. The normalized spacial score (nSPS) is 10.8. The van der Waals surface area contributed by atoms with Gasteiger partial charge in [0.25, 0.3) is 5.89 Å². The SMILES string of the molecule is Cc1cccc(Cc2noc(-c3cc(N)ccc3Cl)n2)c1. The van der Waals surface area contributed by atoms with Crippen molar-refractivity contribution in [2.75, 3.05) is 5.73 Å². The van der Waals surface area contributed by atoms with Gasteiger partial charge in [-0.25, -0.2) is 0 Å². The highest BCUT2D eigenvalue weighted by atomic mass is 35.5. The number of benzene rings is 2. The summed E-state index contributed by atoms with van der Waals surface area (Å²) in [5.74, 6) is 1.00. The molecular weight excluding hydrogens is 286 g/mol. The van der Waals surface area contributed by atoms with Gasteiger partial charge in [0, 0.05) is 12.1 Å². The average Bonchev–Trinajstić information content (AvgIpc) is 2.90. The number of hydrogen-bond donors (Lipinski definition) is 1. The molecule has 21 heavy (non-hydrogen) atoms. The third kappa shape index (κ3) is 3.06. The van der Waals surface area contributed by atoms with Gasteiger partial charge < -0.3 is 10.3 Å². The van der Waals surface area contributed by atoms with E-state index in [9.17, 15) is 0 Å². The van der Waals surface area contributed by atoms with Crippen molar-refractivity contribution in [1.29, 1.82) is 0 Å². The predicted molar refractivity (Wildman–Crippen MR) is 83.1 cm³/mol. The largest absolute Gasteiger partial charge is 0.399 e. The van der Waals surface area contributed by atoms with Crippen molar-refractivity contribution in [2.45, 2.75) is 13.3 Å². The summed E-state index contributed by atoms with van der Waals surface area (Å²) in [6, 6.07) is 13.4. The summed E-state index contributed by atoms with van der Waals surface area (Å²) in [5, 5.41) is 4.54. The highest BCUT2D eigenvalue weighted by Crippen LogP contribution is 2.28. The molecule has 4 nitrogen and oxygen atoms in total. The van der Waals surface area contributed by atoms with Gasteiger partial charge in [-0.15, -0.1) is 0 Å². The van der Waals surface area contributed by atoms with Crippen molar-refractivity contribution in [3.63, 3.8) is 0 Å². The summed E-state index contributed by atoms with van der Waals surface area (Å²) >= 11 is 6.14. The molecule has 5 heteroatoms. The quantitative estimate of drug-likeness (QED) is 0.746. The number of nitrogen functional groups attached to an aromatic ring is 1. The number of aromatic nitrogens is 2. The minimum atomic E-state index is 0.384. The molecule has 0 saturated heterocycles. The topological polar surface area (TPSA) is 64.9 Å². The Labute approximate surface area is 127 Å². The van der Waals surface area contributed by atoms with Crippen LogP contribution in [0.2, 0.25) is 5.02 Å². The Morgan fingerprint density at radius 1 is 1.19 bits per heavy atom. The molecule has 0 saturated carbocycles. The molecule has 0 amide bonds. The lowest BCUT2D eigenvalue weighted by Crippen LogP contribution is -1.91. The minimum Gasteiger partial charge on any atom is -0.399 e. The van der Waals surface area contributed by atoms with E-state index >= 15 is 0 Å². The van der Waals surface area contributed by atoms with Gasteiger partial charge in [-0.1, -0.05) is 46.6 Å². The van der Waals surface area contributed by atoms with Crippen molar-refractivity contribution in [2.24, 2.45) is 0 Å². The number of hydrogen-bond acceptors (Lipinski definition) is 4.